The van der Waals surface area contributed by atoms with E-state index < -0.39 is 0 Å². The lowest BCUT2D eigenvalue weighted by molar-refractivity contribution is 0.955. The van der Waals surface area contributed by atoms with Gasteiger partial charge in [-0.15, -0.1) is 0 Å². The summed E-state index contributed by atoms with van der Waals surface area (Å²) in [6.45, 7) is 0. The van der Waals surface area contributed by atoms with Crippen LogP contribution in [-0.4, -0.2) is 24.1 Å². The second kappa shape index (κ2) is 12.8. The van der Waals surface area contributed by atoms with Crippen LogP contribution in [0.2, 0.25) is 0 Å². The Morgan fingerprint density at radius 2 is 0.828 bits per heavy atom. The Bertz CT molecular complexity index is 3480. The molecule has 0 spiro atoms. The van der Waals surface area contributed by atoms with Crippen molar-refractivity contribution in [2.24, 2.45) is 0 Å². The molecule has 0 aliphatic heterocycles. The predicted molar refractivity (Wildman–Crippen MR) is 240 cm³/mol. The van der Waals surface area contributed by atoms with Crippen molar-refractivity contribution in [1.29, 1.82) is 0 Å². The predicted octanol–water partition coefficient (Wildman–Crippen LogP) is 13.4. The van der Waals surface area contributed by atoms with Gasteiger partial charge >= 0.3 is 0 Å². The minimum Gasteiger partial charge on any atom is -0.309 e. The maximum absolute atomic E-state index is 5.28. The van der Waals surface area contributed by atoms with E-state index in [2.05, 4.69) is 173 Å². The largest absolute Gasteiger partial charge is 0.309 e. The number of hydrogen-bond donors (Lipinski definition) is 0. The van der Waals surface area contributed by atoms with E-state index in [1.807, 2.05) is 36.4 Å². The minimum absolute atomic E-state index is 0.575. The molecule has 12 rings (SSSR count). The van der Waals surface area contributed by atoms with Crippen molar-refractivity contribution < 1.29 is 0 Å². The van der Waals surface area contributed by atoms with Gasteiger partial charge in [-0.1, -0.05) is 176 Å². The molecule has 0 atom stereocenters. The highest BCUT2D eigenvalue weighted by molar-refractivity contribution is 6.28. The molecule has 12 aromatic rings. The first-order chi connectivity index (χ1) is 28.8. The molecule has 58 heavy (non-hydrogen) atoms. The number of rotatable bonds is 5. The van der Waals surface area contributed by atoms with Crippen LogP contribution in [0.4, 0.5) is 0 Å². The Morgan fingerprint density at radius 1 is 0.310 bits per heavy atom. The molecule has 0 unspecified atom stereocenters. The first-order valence-corrected chi connectivity index (χ1v) is 19.6. The molecule has 5 heteroatoms. The fourth-order valence-electron chi connectivity index (χ4n) is 8.95. The summed E-state index contributed by atoms with van der Waals surface area (Å²) < 4.78 is 4.71. The molecule has 270 valence electrons. The summed E-state index contributed by atoms with van der Waals surface area (Å²) in [6.07, 6.45) is 0. The molecule has 0 fully saturated rings. The first-order valence-electron chi connectivity index (χ1n) is 19.6. The molecule has 0 saturated carbocycles. The topological polar surface area (TPSA) is 48.5 Å². The highest BCUT2D eigenvalue weighted by Crippen LogP contribution is 2.43. The van der Waals surface area contributed by atoms with E-state index in [-0.39, 0.29) is 0 Å². The van der Waals surface area contributed by atoms with Gasteiger partial charge < -0.3 is 4.57 Å². The number of hydrogen-bond acceptors (Lipinski definition) is 3. The van der Waals surface area contributed by atoms with Gasteiger partial charge in [0.05, 0.1) is 22.1 Å². The highest BCUT2D eigenvalue weighted by Gasteiger charge is 2.23. The maximum atomic E-state index is 5.28. The average Bonchev–Trinajstić information content (AvgIpc) is 3.83. The Labute approximate surface area is 333 Å². The van der Waals surface area contributed by atoms with Gasteiger partial charge in [0.15, 0.2) is 11.6 Å². The lowest BCUT2D eigenvalue weighted by Crippen LogP contribution is -2.06. The van der Waals surface area contributed by atoms with Crippen LogP contribution in [-0.2, 0) is 0 Å². The van der Waals surface area contributed by atoms with Crippen LogP contribution in [0.3, 0.4) is 0 Å². The van der Waals surface area contributed by atoms with Crippen molar-refractivity contribution in [3.05, 3.63) is 200 Å². The normalized spacial score (nSPS) is 11.8. The van der Waals surface area contributed by atoms with Gasteiger partial charge in [-0.3, -0.25) is 4.57 Å². The van der Waals surface area contributed by atoms with Crippen molar-refractivity contribution in [2.45, 2.75) is 0 Å². The van der Waals surface area contributed by atoms with Crippen molar-refractivity contribution in [3.8, 4) is 45.5 Å². The van der Waals surface area contributed by atoms with Crippen LogP contribution in [0.25, 0.3) is 111 Å². The quantitative estimate of drug-likeness (QED) is 0.177. The summed E-state index contributed by atoms with van der Waals surface area (Å²) in [5.41, 5.74) is 9.77. The summed E-state index contributed by atoms with van der Waals surface area (Å²) in [4.78, 5) is 15.6. The van der Waals surface area contributed by atoms with E-state index in [1.54, 1.807) is 0 Å². The SMILES string of the molecule is c1ccc(-c2nc(-c3ccccc3)nc(-n3c4ccccc4c4ccc5ccc6c7ccccc7n(-c7ccc(-c8cccc9ccccc89)cc7)c6c5c43)n2)cc1. The molecule has 0 bridgehead atoms. The standard InChI is InChI=1S/C53H33N5/c1-3-15-37(16-4-1)51-54-52(38-17-5-2-6-18-38)56-53(55-51)58-47-25-12-10-22-43(47)45-33-29-36-28-32-44-42-21-9-11-24-46(42)57(49(44)48(36)50(45)58)39-30-26-35(27-31-39)41-23-13-19-34-14-7-8-20-40(34)41/h1-33H. The number of benzene rings is 9. The van der Waals surface area contributed by atoms with Crippen LogP contribution in [0.1, 0.15) is 0 Å². The van der Waals surface area contributed by atoms with Crippen LogP contribution in [0.15, 0.2) is 200 Å². The molecular formula is C53H33N5. The van der Waals surface area contributed by atoms with Crippen LogP contribution in [0, 0.1) is 0 Å². The van der Waals surface area contributed by atoms with Crippen molar-refractivity contribution in [2.75, 3.05) is 0 Å². The third-order valence-corrected chi connectivity index (χ3v) is 11.6. The zero-order valence-corrected chi connectivity index (χ0v) is 31.3. The third-order valence-electron chi connectivity index (χ3n) is 11.6. The van der Waals surface area contributed by atoms with Gasteiger partial charge in [0.25, 0.3) is 0 Å². The van der Waals surface area contributed by atoms with E-state index >= 15 is 0 Å². The summed E-state index contributed by atoms with van der Waals surface area (Å²) in [5, 5.41) is 9.45. The van der Waals surface area contributed by atoms with Gasteiger partial charge in [-0.2, -0.15) is 9.97 Å². The third kappa shape index (κ3) is 4.93. The van der Waals surface area contributed by atoms with Crippen LogP contribution < -0.4 is 0 Å². The molecule has 0 aliphatic rings. The average molecular weight is 740 g/mol. The molecule has 3 heterocycles. The summed E-state index contributed by atoms with van der Waals surface area (Å²) in [7, 11) is 0. The molecule has 0 saturated heterocycles. The lowest BCUT2D eigenvalue weighted by Gasteiger charge is -2.14. The second-order valence-electron chi connectivity index (χ2n) is 14.8. The van der Waals surface area contributed by atoms with Gasteiger partial charge in [-0.25, -0.2) is 4.98 Å². The van der Waals surface area contributed by atoms with E-state index in [4.69, 9.17) is 15.0 Å². The molecule has 9 aromatic carbocycles. The number of aromatic nitrogens is 5. The maximum Gasteiger partial charge on any atom is 0.238 e. The van der Waals surface area contributed by atoms with E-state index in [9.17, 15) is 0 Å². The minimum atomic E-state index is 0.575. The molecule has 0 radical (unpaired) electrons. The molecule has 0 N–H and O–H groups in total. The van der Waals surface area contributed by atoms with E-state index in [0.717, 1.165) is 60.4 Å². The van der Waals surface area contributed by atoms with Crippen LogP contribution >= 0.6 is 0 Å². The number of para-hydroxylation sites is 2. The monoisotopic (exact) mass is 739 g/mol. The molecular weight excluding hydrogens is 707 g/mol. The molecule has 0 aliphatic carbocycles. The summed E-state index contributed by atoms with van der Waals surface area (Å²) in [6, 6.07) is 71.0. The molecule has 0 amide bonds. The highest BCUT2D eigenvalue weighted by atomic mass is 15.2. The Balaban J connectivity index is 1.19. The number of fused-ring (bicyclic) bond motifs is 10. The Kier molecular flexibility index (Phi) is 7.16. The van der Waals surface area contributed by atoms with Crippen molar-refractivity contribution in [3.63, 3.8) is 0 Å². The molecule has 3 aromatic heterocycles. The van der Waals surface area contributed by atoms with Gasteiger partial charge in [-0.05, 0) is 51.6 Å². The van der Waals surface area contributed by atoms with Gasteiger partial charge in [0.1, 0.15) is 0 Å². The fraction of sp³-hybridized carbons (Fsp3) is 0. The van der Waals surface area contributed by atoms with Crippen LogP contribution in [0.5, 0.6) is 0 Å². The van der Waals surface area contributed by atoms with Gasteiger partial charge in [0.2, 0.25) is 5.95 Å². The van der Waals surface area contributed by atoms with E-state index in [0.29, 0.717) is 17.6 Å². The summed E-state index contributed by atoms with van der Waals surface area (Å²) >= 11 is 0. The second-order valence-corrected chi connectivity index (χ2v) is 14.8. The van der Waals surface area contributed by atoms with Gasteiger partial charge in [0, 0.05) is 43.7 Å². The van der Waals surface area contributed by atoms with E-state index in [1.165, 1.54) is 32.7 Å². The Hall–Kier alpha value is -7.89. The van der Waals surface area contributed by atoms with Crippen molar-refractivity contribution >= 4 is 65.2 Å². The molecule has 5 nitrogen and oxygen atoms in total. The number of nitrogens with zero attached hydrogens (tertiary/aromatic N) is 5. The van der Waals surface area contributed by atoms with Crippen molar-refractivity contribution in [1.82, 2.24) is 24.1 Å². The smallest absolute Gasteiger partial charge is 0.238 e. The fourth-order valence-corrected chi connectivity index (χ4v) is 8.95. The Morgan fingerprint density at radius 3 is 1.47 bits per heavy atom. The lowest BCUT2D eigenvalue weighted by atomic mass is 9.98. The zero-order chi connectivity index (χ0) is 38.2. The zero-order valence-electron chi connectivity index (χ0n) is 31.3. The first kappa shape index (κ1) is 32.4. The summed E-state index contributed by atoms with van der Waals surface area (Å²) in [5.74, 6) is 1.83.